The molecule has 3 rings (SSSR count). The monoisotopic (exact) mass is 547 g/mol. The van der Waals surface area contributed by atoms with E-state index in [1.807, 2.05) is 42.5 Å². The van der Waals surface area contributed by atoms with Gasteiger partial charge >= 0.3 is 18.1 Å². The molecule has 0 saturated heterocycles. The molecule has 7 nitrogen and oxygen atoms in total. The zero-order chi connectivity index (χ0) is 28.5. The molecular formula is C29H32F3NO6. The second-order valence-electron chi connectivity index (χ2n) is 8.46. The van der Waals surface area contributed by atoms with Gasteiger partial charge in [0.1, 0.15) is 18.1 Å². The van der Waals surface area contributed by atoms with Gasteiger partial charge in [0.05, 0.1) is 13.0 Å². The average Bonchev–Trinajstić information content (AvgIpc) is 2.91. The van der Waals surface area contributed by atoms with Crippen LogP contribution in [0.4, 0.5) is 13.2 Å². The number of halogens is 3. The molecule has 0 fully saturated rings. The Hall–Kier alpha value is -4.05. The Morgan fingerprint density at radius 3 is 1.79 bits per heavy atom. The van der Waals surface area contributed by atoms with Crippen LogP contribution in [0.3, 0.4) is 0 Å². The van der Waals surface area contributed by atoms with Gasteiger partial charge in [-0.25, -0.2) is 4.79 Å². The molecule has 3 N–H and O–H groups in total. The second-order valence-corrected chi connectivity index (χ2v) is 8.46. The van der Waals surface area contributed by atoms with E-state index < -0.39 is 18.1 Å². The van der Waals surface area contributed by atoms with Gasteiger partial charge < -0.3 is 25.0 Å². The van der Waals surface area contributed by atoms with Crippen LogP contribution in [-0.2, 0) is 29.0 Å². The van der Waals surface area contributed by atoms with Crippen molar-refractivity contribution in [2.75, 3.05) is 19.7 Å². The lowest BCUT2D eigenvalue weighted by molar-refractivity contribution is -0.192. The summed E-state index contributed by atoms with van der Waals surface area (Å²) in [5.41, 5.74) is 3.62. The fourth-order valence-corrected chi connectivity index (χ4v) is 3.27. The van der Waals surface area contributed by atoms with Gasteiger partial charge in [0.2, 0.25) is 0 Å². The number of carboxylic acid groups (broad SMARTS) is 2. The summed E-state index contributed by atoms with van der Waals surface area (Å²) in [6.07, 6.45) is -2.15. The molecule has 0 aromatic heterocycles. The summed E-state index contributed by atoms with van der Waals surface area (Å²) in [7, 11) is 0. The van der Waals surface area contributed by atoms with E-state index in [9.17, 15) is 18.0 Å². The highest BCUT2D eigenvalue weighted by molar-refractivity contribution is 5.73. The van der Waals surface area contributed by atoms with Gasteiger partial charge in [0.15, 0.2) is 0 Å². The molecule has 0 radical (unpaired) electrons. The first-order chi connectivity index (χ1) is 18.6. The predicted octanol–water partition coefficient (Wildman–Crippen LogP) is 5.52. The third kappa shape index (κ3) is 13.9. The number of rotatable bonds is 14. The zero-order valence-corrected chi connectivity index (χ0v) is 21.3. The van der Waals surface area contributed by atoms with Gasteiger partial charge in [-0.2, -0.15) is 13.2 Å². The number of carboxylic acids is 2. The summed E-state index contributed by atoms with van der Waals surface area (Å²) < 4.78 is 43.4. The summed E-state index contributed by atoms with van der Waals surface area (Å²) in [6.45, 7) is 2.53. The third-order valence-corrected chi connectivity index (χ3v) is 5.33. The molecule has 0 heterocycles. The van der Waals surface area contributed by atoms with Crippen molar-refractivity contribution in [3.63, 3.8) is 0 Å². The number of ether oxygens (including phenoxy) is 2. The molecule has 0 aliphatic carbocycles. The van der Waals surface area contributed by atoms with Gasteiger partial charge in [-0.15, -0.1) is 0 Å². The fraction of sp³-hybridized carbons (Fsp3) is 0.310. The Morgan fingerprint density at radius 2 is 1.26 bits per heavy atom. The molecule has 0 bridgehead atoms. The van der Waals surface area contributed by atoms with Crippen LogP contribution in [0.15, 0.2) is 78.9 Å². The van der Waals surface area contributed by atoms with E-state index in [-0.39, 0.29) is 6.42 Å². The van der Waals surface area contributed by atoms with E-state index in [0.29, 0.717) is 19.8 Å². The highest BCUT2D eigenvalue weighted by Gasteiger charge is 2.38. The Morgan fingerprint density at radius 1 is 0.718 bits per heavy atom. The van der Waals surface area contributed by atoms with E-state index in [2.05, 4.69) is 41.7 Å². The molecule has 10 heteroatoms. The highest BCUT2D eigenvalue weighted by Crippen LogP contribution is 2.17. The first-order valence-corrected chi connectivity index (χ1v) is 12.3. The standard InChI is InChI=1S/C27H31NO4.C2HF3O2/c29-27(30)16-19-28-18-4-7-22-8-12-25(13-9-22)31-20-17-23-10-14-26(15-11-23)32-21-24-5-2-1-3-6-24;3-2(4,5)1(6)7/h1-3,5-6,8-15,28H,4,7,16-21H2,(H,29,30);(H,6,7). The lowest BCUT2D eigenvalue weighted by atomic mass is 10.1. The number of nitrogens with one attached hydrogen (secondary N) is 1. The normalized spacial score (nSPS) is 10.7. The maximum Gasteiger partial charge on any atom is 0.490 e. The van der Waals surface area contributed by atoms with Crippen molar-refractivity contribution in [2.45, 2.75) is 38.5 Å². The van der Waals surface area contributed by atoms with Crippen molar-refractivity contribution >= 4 is 11.9 Å². The largest absolute Gasteiger partial charge is 0.493 e. The molecule has 0 saturated carbocycles. The molecule has 3 aromatic carbocycles. The van der Waals surface area contributed by atoms with Crippen molar-refractivity contribution in [3.8, 4) is 11.5 Å². The summed E-state index contributed by atoms with van der Waals surface area (Å²) in [5.74, 6) is -1.78. The van der Waals surface area contributed by atoms with Gasteiger partial charge in [-0.05, 0) is 60.3 Å². The summed E-state index contributed by atoms with van der Waals surface area (Å²) in [5, 5.41) is 18.9. The number of hydrogen-bond acceptors (Lipinski definition) is 5. The summed E-state index contributed by atoms with van der Waals surface area (Å²) in [6, 6.07) is 26.5. The lowest BCUT2D eigenvalue weighted by Gasteiger charge is -2.09. The number of hydrogen-bond donors (Lipinski definition) is 3. The minimum Gasteiger partial charge on any atom is -0.493 e. The quantitative estimate of drug-likeness (QED) is 0.228. The highest BCUT2D eigenvalue weighted by atomic mass is 19.4. The first-order valence-electron chi connectivity index (χ1n) is 12.3. The molecule has 0 aliphatic heterocycles. The number of carbonyl (C=O) groups is 2. The molecule has 0 unspecified atom stereocenters. The molecule has 0 atom stereocenters. The van der Waals surface area contributed by atoms with E-state index in [1.165, 1.54) is 11.1 Å². The molecule has 0 aliphatic rings. The van der Waals surface area contributed by atoms with Crippen LogP contribution in [-0.4, -0.2) is 48.0 Å². The van der Waals surface area contributed by atoms with Gasteiger partial charge in [-0.1, -0.05) is 54.6 Å². The number of alkyl halides is 3. The predicted molar refractivity (Wildman–Crippen MR) is 140 cm³/mol. The van der Waals surface area contributed by atoms with Gasteiger partial charge in [0, 0.05) is 13.0 Å². The van der Waals surface area contributed by atoms with Crippen LogP contribution in [0.1, 0.15) is 29.5 Å². The van der Waals surface area contributed by atoms with Crippen molar-refractivity contribution in [3.05, 3.63) is 95.6 Å². The Bertz CT molecular complexity index is 1120. The van der Waals surface area contributed by atoms with Crippen LogP contribution < -0.4 is 14.8 Å². The second kappa shape index (κ2) is 16.7. The maximum absolute atomic E-state index is 10.6. The Labute approximate surface area is 225 Å². The van der Waals surface area contributed by atoms with Crippen molar-refractivity contribution in [1.82, 2.24) is 5.32 Å². The minimum absolute atomic E-state index is 0.165. The summed E-state index contributed by atoms with van der Waals surface area (Å²) >= 11 is 0. The van der Waals surface area contributed by atoms with E-state index in [0.717, 1.165) is 42.9 Å². The van der Waals surface area contributed by atoms with E-state index in [1.54, 1.807) is 0 Å². The van der Waals surface area contributed by atoms with Crippen LogP contribution in [0, 0.1) is 0 Å². The third-order valence-electron chi connectivity index (χ3n) is 5.33. The van der Waals surface area contributed by atoms with Gasteiger partial charge in [0.25, 0.3) is 0 Å². The Balaban J connectivity index is 0.000000673. The number of aryl methyl sites for hydroxylation is 1. The van der Waals surface area contributed by atoms with Gasteiger partial charge in [-0.3, -0.25) is 4.79 Å². The zero-order valence-electron chi connectivity index (χ0n) is 21.3. The molecule has 0 spiro atoms. The molecule has 210 valence electrons. The van der Waals surface area contributed by atoms with Crippen LogP contribution in [0.2, 0.25) is 0 Å². The molecule has 39 heavy (non-hydrogen) atoms. The number of benzene rings is 3. The Kier molecular flexibility index (Phi) is 13.4. The van der Waals surface area contributed by atoms with E-state index in [4.69, 9.17) is 24.5 Å². The number of aliphatic carboxylic acids is 2. The maximum atomic E-state index is 10.6. The van der Waals surface area contributed by atoms with E-state index >= 15 is 0 Å². The van der Waals surface area contributed by atoms with Crippen LogP contribution in [0.25, 0.3) is 0 Å². The topological polar surface area (TPSA) is 105 Å². The lowest BCUT2D eigenvalue weighted by Crippen LogP contribution is -2.21. The van der Waals surface area contributed by atoms with Crippen molar-refractivity contribution < 1.29 is 42.4 Å². The molecular weight excluding hydrogens is 515 g/mol. The summed E-state index contributed by atoms with van der Waals surface area (Å²) in [4.78, 5) is 19.4. The van der Waals surface area contributed by atoms with Crippen LogP contribution in [0.5, 0.6) is 11.5 Å². The SMILES string of the molecule is O=C(O)C(F)(F)F.O=C(O)CCNCCCc1ccc(OCCc2ccc(OCc3ccccc3)cc2)cc1. The molecule has 3 aromatic rings. The molecule has 0 amide bonds. The fourth-order valence-electron chi connectivity index (χ4n) is 3.27. The van der Waals surface area contributed by atoms with Crippen molar-refractivity contribution in [2.24, 2.45) is 0 Å². The minimum atomic E-state index is -5.08. The van der Waals surface area contributed by atoms with Crippen LogP contribution >= 0.6 is 0 Å². The average molecular weight is 548 g/mol. The smallest absolute Gasteiger partial charge is 0.490 e. The van der Waals surface area contributed by atoms with Crippen molar-refractivity contribution in [1.29, 1.82) is 0 Å². The first kappa shape index (κ1) is 31.2.